The molecule has 0 saturated carbocycles. The van der Waals surface area contributed by atoms with Crippen LogP contribution in [0.5, 0.6) is 0 Å². The molecule has 8 N–H and O–H groups in total. The topological polar surface area (TPSA) is 189 Å². The van der Waals surface area contributed by atoms with Gasteiger partial charge in [-0.15, -0.1) is 0 Å². The Bertz CT molecular complexity index is 1490. The number of hydrogen-bond acceptors (Lipinski definition) is 10. The third-order valence-corrected chi connectivity index (χ3v) is 18.2. The average molecular weight is 1220 g/mol. The van der Waals surface area contributed by atoms with Crippen molar-refractivity contribution in [1.82, 2.24) is 5.32 Å². The second-order valence-electron chi connectivity index (χ2n) is 26.4. The Hall–Kier alpha value is -1.67. The number of rotatable bonds is 66. The van der Waals surface area contributed by atoms with Gasteiger partial charge in [-0.1, -0.05) is 339 Å². The predicted molar refractivity (Wildman–Crippen MR) is 362 cm³/mol. The van der Waals surface area contributed by atoms with E-state index in [4.69, 9.17) is 9.47 Å². The Balaban J connectivity index is 2.20. The van der Waals surface area contributed by atoms with Gasteiger partial charge in [0.25, 0.3) is 0 Å². The number of amides is 1. The predicted octanol–water partition coefficient (Wildman–Crippen LogP) is 18.5. The second-order valence-corrected chi connectivity index (χ2v) is 26.4. The molecule has 11 nitrogen and oxygen atoms in total. The third-order valence-electron chi connectivity index (χ3n) is 18.2. The lowest BCUT2D eigenvalue weighted by molar-refractivity contribution is -0.303. The van der Waals surface area contributed by atoms with Crippen molar-refractivity contribution in [2.24, 2.45) is 0 Å². The molecule has 11 heteroatoms. The smallest absolute Gasteiger partial charge is 0.249 e. The van der Waals surface area contributed by atoms with E-state index in [1.54, 1.807) is 0 Å². The molecular formula is C75H143NO10. The van der Waals surface area contributed by atoms with E-state index >= 15 is 0 Å². The van der Waals surface area contributed by atoms with E-state index in [0.717, 1.165) is 44.9 Å². The van der Waals surface area contributed by atoms with Crippen molar-refractivity contribution in [3.63, 3.8) is 0 Å². The van der Waals surface area contributed by atoms with Crippen molar-refractivity contribution in [1.29, 1.82) is 0 Å². The van der Waals surface area contributed by atoms with Crippen molar-refractivity contribution >= 4 is 5.91 Å². The van der Waals surface area contributed by atoms with Crippen LogP contribution in [-0.2, 0) is 14.3 Å². The van der Waals surface area contributed by atoms with E-state index in [1.807, 2.05) is 0 Å². The van der Waals surface area contributed by atoms with Gasteiger partial charge in [0.05, 0.1) is 25.4 Å². The maximum atomic E-state index is 13.3. The largest absolute Gasteiger partial charge is 0.394 e. The minimum Gasteiger partial charge on any atom is -0.394 e. The van der Waals surface area contributed by atoms with Gasteiger partial charge >= 0.3 is 0 Å². The van der Waals surface area contributed by atoms with Crippen LogP contribution in [0, 0.1) is 0 Å². The lowest BCUT2D eigenvalue weighted by atomic mass is 9.98. The van der Waals surface area contributed by atoms with Crippen molar-refractivity contribution in [3.05, 3.63) is 36.5 Å². The normalized spacial score (nSPS) is 18.9. The van der Waals surface area contributed by atoms with E-state index in [2.05, 4.69) is 55.6 Å². The Morgan fingerprint density at radius 2 is 0.698 bits per heavy atom. The molecule has 1 saturated heterocycles. The second kappa shape index (κ2) is 63.5. The number of hydrogen-bond donors (Lipinski definition) is 8. The SMILES string of the molecule is CCCCCCCCCCCCCCCCCCC/C=C/CC/C=C/CC/C=C/CCCC(O)C(O)C(COC1OC(CO)C(O)C(O)C1O)NC(=O)C(O)CCCCCCCCCCCCCCCCCCCCCCCCCCCCCCC. The van der Waals surface area contributed by atoms with Crippen LogP contribution in [0.1, 0.15) is 367 Å². The number of allylic oxidation sites excluding steroid dienone is 6. The molecule has 1 aliphatic heterocycles. The molecule has 0 aromatic heterocycles. The van der Waals surface area contributed by atoms with Crippen LogP contribution < -0.4 is 5.32 Å². The number of nitrogens with one attached hydrogen (secondary N) is 1. The minimum absolute atomic E-state index is 0.243. The van der Waals surface area contributed by atoms with Crippen LogP contribution in [0.3, 0.4) is 0 Å². The maximum absolute atomic E-state index is 13.3. The molecule has 0 aromatic carbocycles. The number of aliphatic hydroxyl groups is 7. The first kappa shape index (κ1) is 82.3. The van der Waals surface area contributed by atoms with Gasteiger partial charge in [-0.3, -0.25) is 4.79 Å². The minimum atomic E-state index is -1.67. The van der Waals surface area contributed by atoms with E-state index in [-0.39, 0.29) is 12.8 Å². The summed E-state index contributed by atoms with van der Waals surface area (Å²) in [6.07, 6.45) is 71.1. The highest BCUT2D eigenvalue weighted by atomic mass is 16.7. The fraction of sp³-hybridized carbons (Fsp3) is 0.907. The lowest BCUT2D eigenvalue weighted by Crippen LogP contribution is -2.60. The Kier molecular flexibility index (Phi) is 60.8. The van der Waals surface area contributed by atoms with E-state index in [9.17, 15) is 40.5 Å². The average Bonchev–Trinajstić information content (AvgIpc) is 3.30. The van der Waals surface area contributed by atoms with E-state index < -0.39 is 74.2 Å². The van der Waals surface area contributed by atoms with Gasteiger partial charge in [-0.05, 0) is 64.2 Å². The molecule has 86 heavy (non-hydrogen) atoms. The summed E-state index contributed by atoms with van der Waals surface area (Å²) in [7, 11) is 0. The van der Waals surface area contributed by atoms with Crippen LogP contribution in [0.4, 0.5) is 0 Å². The number of carbonyl (C=O) groups is 1. The summed E-state index contributed by atoms with van der Waals surface area (Å²) >= 11 is 0. The number of unbranched alkanes of at least 4 members (excludes halogenated alkanes) is 48. The zero-order valence-corrected chi connectivity index (χ0v) is 56.3. The van der Waals surface area contributed by atoms with Crippen LogP contribution in [0.2, 0.25) is 0 Å². The molecular weight excluding hydrogens is 1070 g/mol. The zero-order chi connectivity index (χ0) is 62.4. The summed E-state index contributed by atoms with van der Waals surface area (Å²) in [5.41, 5.74) is 0. The highest BCUT2D eigenvalue weighted by Gasteiger charge is 2.44. The first-order valence-corrected chi connectivity index (χ1v) is 37.4. The molecule has 0 radical (unpaired) electrons. The molecule has 1 amide bonds. The fourth-order valence-electron chi connectivity index (χ4n) is 12.2. The van der Waals surface area contributed by atoms with Gasteiger partial charge in [0.1, 0.15) is 36.6 Å². The molecule has 0 spiro atoms. The number of aliphatic hydroxyl groups excluding tert-OH is 7. The van der Waals surface area contributed by atoms with E-state index in [0.29, 0.717) is 19.3 Å². The van der Waals surface area contributed by atoms with Gasteiger partial charge in [0.2, 0.25) is 5.91 Å². The number of carbonyl (C=O) groups excluding carboxylic acids is 1. The first-order chi connectivity index (χ1) is 42.2. The van der Waals surface area contributed by atoms with Crippen LogP contribution in [0.15, 0.2) is 36.5 Å². The van der Waals surface area contributed by atoms with Crippen LogP contribution in [-0.4, -0.2) is 110 Å². The maximum Gasteiger partial charge on any atom is 0.249 e. The van der Waals surface area contributed by atoms with Gasteiger partial charge < -0.3 is 50.5 Å². The van der Waals surface area contributed by atoms with Crippen molar-refractivity contribution in [2.45, 2.75) is 422 Å². The molecule has 1 rings (SSSR count). The van der Waals surface area contributed by atoms with Gasteiger partial charge in [0.15, 0.2) is 6.29 Å². The summed E-state index contributed by atoms with van der Waals surface area (Å²) in [6.45, 7) is 3.50. The zero-order valence-electron chi connectivity index (χ0n) is 56.3. The van der Waals surface area contributed by atoms with Gasteiger partial charge in [-0.25, -0.2) is 0 Å². The molecule has 1 aliphatic rings. The van der Waals surface area contributed by atoms with Gasteiger partial charge in [-0.2, -0.15) is 0 Å². The quantitative estimate of drug-likeness (QED) is 0.0215. The van der Waals surface area contributed by atoms with Gasteiger partial charge in [0, 0.05) is 0 Å². The molecule has 1 fully saturated rings. The Labute approximate surface area is 530 Å². The highest BCUT2D eigenvalue weighted by molar-refractivity contribution is 5.80. The summed E-state index contributed by atoms with van der Waals surface area (Å²) in [6, 6.07) is -1.19. The molecule has 508 valence electrons. The third kappa shape index (κ3) is 50.0. The molecule has 0 bridgehead atoms. The first-order valence-electron chi connectivity index (χ1n) is 37.4. The Morgan fingerprint density at radius 3 is 1.03 bits per heavy atom. The molecule has 1 heterocycles. The fourth-order valence-corrected chi connectivity index (χ4v) is 12.2. The molecule has 9 atom stereocenters. The Morgan fingerprint density at radius 1 is 0.395 bits per heavy atom. The number of ether oxygens (including phenoxy) is 2. The highest BCUT2D eigenvalue weighted by Crippen LogP contribution is 2.24. The molecule has 0 aliphatic carbocycles. The summed E-state index contributed by atoms with van der Waals surface area (Å²) in [4.78, 5) is 13.3. The summed E-state index contributed by atoms with van der Waals surface area (Å²) in [5.74, 6) is -0.705. The molecule has 9 unspecified atom stereocenters. The van der Waals surface area contributed by atoms with Crippen molar-refractivity contribution < 1.29 is 50.0 Å². The van der Waals surface area contributed by atoms with E-state index in [1.165, 1.54) is 276 Å². The summed E-state index contributed by atoms with van der Waals surface area (Å²) < 4.78 is 11.2. The standard InChI is InChI=1S/C75H143NO10/c1-3-5-7-9-11-13-15-17-19-21-23-25-27-29-31-33-35-36-38-40-42-44-46-48-50-52-54-56-58-60-62-67(78)70(80)66(65-85-75-73(83)72(82)71(81)69(64-77)86-75)76-74(84)68(79)63-61-59-57-55-53-51-49-47-45-43-41-39-37-34-32-30-28-26-24-22-20-18-16-14-12-10-8-6-4-2/h38,40,46,48,54,56,66-73,75,77-83H,3-37,39,41-45,47,49-53,55,57-65H2,1-2H3,(H,76,84)/b40-38+,48-46+,56-54+. The summed E-state index contributed by atoms with van der Waals surface area (Å²) in [5, 5.41) is 76.6. The monoisotopic (exact) mass is 1220 g/mol. The lowest BCUT2D eigenvalue weighted by Gasteiger charge is -2.40. The molecule has 0 aromatic rings. The van der Waals surface area contributed by atoms with Crippen molar-refractivity contribution in [3.8, 4) is 0 Å². The van der Waals surface area contributed by atoms with Crippen molar-refractivity contribution in [2.75, 3.05) is 13.2 Å². The van der Waals surface area contributed by atoms with Crippen LogP contribution >= 0.6 is 0 Å². The van der Waals surface area contributed by atoms with Crippen LogP contribution in [0.25, 0.3) is 0 Å².